The van der Waals surface area contributed by atoms with Crippen LogP contribution in [0.1, 0.15) is 22.4 Å². The van der Waals surface area contributed by atoms with Crippen molar-refractivity contribution in [1.29, 1.82) is 5.26 Å². The molecule has 0 atom stereocenters. The van der Waals surface area contributed by atoms with Gasteiger partial charge in [-0.3, -0.25) is 4.79 Å². The zero-order chi connectivity index (χ0) is 20.9. The largest absolute Gasteiger partial charge is 0.504 e. The van der Waals surface area contributed by atoms with E-state index < -0.39 is 5.56 Å². The second kappa shape index (κ2) is 6.53. The molecule has 0 spiro atoms. The predicted octanol–water partition coefficient (Wildman–Crippen LogP) is 3.59. The van der Waals surface area contributed by atoms with E-state index in [4.69, 9.17) is 0 Å². The maximum Gasteiger partial charge on any atom is 0.268 e. The standard InChI is InChI=1S/C22H18N4O3/c1-11-4-6-15(8-12(11)2)26-21-19(13(3)25-26)20(16(10-23)22(29)24-21)14-5-7-17(27)18(28)9-14/h4-9,27-28H,1-3H3,(H,24,29). The summed E-state index contributed by atoms with van der Waals surface area (Å²) in [5, 5.41) is 34.4. The number of phenolic OH excluding ortho intramolecular Hbond substituents is 2. The van der Waals surface area contributed by atoms with Crippen LogP contribution in [0.15, 0.2) is 41.2 Å². The maximum absolute atomic E-state index is 12.7. The number of nitriles is 1. The third-order valence-electron chi connectivity index (χ3n) is 5.13. The lowest BCUT2D eigenvalue weighted by Crippen LogP contribution is -2.13. The van der Waals surface area contributed by atoms with Gasteiger partial charge in [0.25, 0.3) is 5.56 Å². The Balaban J connectivity index is 2.12. The van der Waals surface area contributed by atoms with Gasteiger partial charge in [-0.15, -0.1) is 0 Å². The Kier molecular flexibility index (Phi) is 4.13. The number of rotatable bonds is 2. The molecule has 0 aliphatic carbocycles. The molecule has 0 saturated carbocycles. The normalized spacial score (nSPS) is 11.0. The van der Waals surface area contributed by atoms with Gasteiger partial charge < -0.3 is 15.2 Å². The number of nitrogens with one attached hydrogen (secondary N) is 1. The van der Waals surface area contributed by atoms with E-state index in [1.807, 2.05) is 38.1 Å². The molecule has 7 heteroatoms. The molecule has 7 nitrogen and oxygen atoms in total. The van der Waals surface area contributed by atoms with E-state index >= 15 is 0 Å². The summed E-state index contributed by atoms with van der Waals surface area (Å²) in [6.07, 6.45) is 0. The summed E-state index contributed by atoms with van der Waals surface area (Å²) in [6, 6.07) is 12.0. The fourth-order valence-corrected chi connectivity index (χ4v) is 3.47. The van der Waals surface area contributed by atoms with Gasteiger partial charge in [-0.25, -0.2) is 4.68 Å². The highest BCUT2D eigenvalue weighted by molar-refractivity contribution is 5.98. The summed E-state index contributed by atoms with van der Waals surface area (Å²) in [5.41, 5.74) is 4.27. The molecule has 0 bridgehead atoms. The molecule has 3 N–H and O–H groups in total. The van der Waals surface area contributed by atoms with Crippen molar-refractivity contribution in [3.8, 4) is 34.4 Å². The number of aromatic nitrogens is 3. The number of nitrogens with zero attached hydrogens (tertiary/aromatic N) is 3. The molecule has 0 fully saturated rings. The van der Waals surface area contributed by atoms with Crippen LogP contribution in [0.4, 0.5) is 0 Å². The van der Waals surface area contributed by atoms with Crippen LogP contribution in [0.25, 0.3) is 27.8 Å². The van der Waals surface area contributed by atoms with Gasteiger partial charge in [-0.2, -0.15) is 10.4 Å². The monoisotopic (exact) mass is 386 g/mol. The second-order valence-electron chi connectivity index (χ2n) is 7.01. The molecule has 29 heavy (non-hydrogen) atoms. The number of benzene rings is 2. The van der Waals surface area contributed by atoms with Crippen LogP contribution < -0.4 is 5.56 Å². The van der Waals surface area contributed by atoms with Gasteiger partial charge in [-0.05, 0) is 61.7 Å². The number of hydrogen-bond donors (Lipinski definition) is 3. The molecule has 2 aromatic heterocycles. The van der Waals surface area contributed by atoms with Crippen molar-refractivity contribution in [3.05, 3.63) is 69.1 Å². The average Bonchev–Trinajstić information content (AvgIpc) is 3.01. The average molecular weight is 386 g/mol. The number of H-pyrrole nitrogens is 1. The Bertz CT molecular complexity index is 1390. The fraction of sp³-hybridized carbons (Fsp3) is 0.136. The first-order valence-corrected chi connectivity index (χ1v) is 8.97. The number of aromatic amines is 1. The third kappa shape index (κ3) is 2.82. The Morgan fingerprint density at radius 2 is 1.79 bits per heavy atom. The van der Waals surface area contributed by atoms with Crippen LogP contribution in [-0.4, -0.2) is 25.0 Å². The quantitative estimate of drug-likeness (QED) is 0.456. The third-order valence-corrected chi connectivity index (χ3v) is 5.13. The van der Waals surface area contributed by atoms with Crippen molar-refractivity contribution < 1.29 is 10.2 Å². The minimum atomic E-state index is -0.549. The van der Waals surface area contributed by atoms with Gasteiger partial charge in [0.1, 0.15) is 17.3 Å². The number of aryl methyl sites for hydroxylation is 3. The molecular weight excluding hydrogens is 368 g/mol. The van der Waals surface area contributed by atoms with Crippen LogP contribution >= 0.6 is 0 Å². The molecule has 4 rings (SSSR count). The first-order valence-electron chi connectivity index (χ1n) is 8.97. The molecule has 0 aliphatic heterocycles. The van der Waals surface area contributed by atoms with Crippen molar-refractivity contribution in [2.45, 2.75) is 20.8 Å². The topological polar surface area (TPSA) is 115 Å². The summed E-state index contributed by atoms with van der Waals surface area (Å²) in [7, 11) is 0. The minimum absolute atomic E-state index is 0.0784. The number of pyridine rings is 1. The van der Waals surface area contributed by atoms with Crippen LogP contribution in [0.5, 0.6) is 11.5 Å². The van der Waals surface area contributed by atoms with Crippen molar-refractivity contribution in [3.63, 3.8) is 0 Å². The molecule has 2 heterocycles. The van der Waals surface area contributed by atoms with Gasteiger partial charge in [0.2, 0.25) is 0 Å². The number of hydrogen-bond acceptors (Lipinski definition) is 5. The number of aromatic hydroxyl groups is 2. The highest BCUT2D eigenvalue weighted by Crippen LogP contribution is 2.36. The highest BCUT2D eigenvalue weighted by atomic mass is 16.3. The van der Waals surface area contributed by atoms with Gasteiger partial charge in [0.15, 0.2) is 11.5 Å². The fourth-order valence-electron chi connectivity index (χ4n) is 3.47. The molecule has 0 aliphatic rings. The number of fused-ring (bicyclic) bond motifs is 1. The lowest BCUT2D eigenvalue weighted by Gasteiger charge is -2.10. The highest BCUT2D eigenvalue weighted by Gasteiger charge is 2.21. The second-order valence-corrected chi connectivity index (χ2v) is 7.01. The zero-order valence-corrected chi connectivity index (χ0v) is 16.1. The predicted molar refractivity (Wildman–Crippen MR) is 109 cm³/mol. The van der Waals surface area contributed by atoms with E-state index in [-0.39, 0.29) is 17.1 Å². The van der Waals surface area contributed by atoms with Gasteiger partial charge >= 0.3 is 0 Å². The molecule has 2 aromatic carbocycles. The molecule has 0 radical (unpaired) electrons. The summed E-state index contributed by atoms with van der Waals surface area (Å²) < 4.78 is 1.64. The SMILES string of the molecule is Cc1ccc(-n2nc(C)c3c(-c4ccc(O)c(O)c4)c(C#N)c(=O)[nH]c32)cc1C. The summed E-state index contributed by atoms with van der Waals surface area (Å²) in [4.78, 5) is 15.5. The van der Waals surface area contributed by atoms with E-state index in [2.05, 4.69) is 10.1 Å². The summed E-state index contributed by atoms with van der Waals surface area (Å²) in [6.45, 7) is 5.81. The first kappa shape index (κ1) is 18.3. The number of phenols is 2. The van der Waals surface area contributed by atoms with Gasteiger partial charge in [-0.1, -0.05) is 12.1 Å². The van der Waals surface area contributed by atoms with E-state index in [1.165, 1.54) is 12.1 Å². The maximum atomic E-state index is 12.7. The van der Waals surface area contributed by atoms with Crippen LogP contribution in [0.2, 0.25) is 0 Å². The molecule has 144 valence electrons. The van der Waals surface area contributed by atoms with Crippen LogP contribution in [0, 0.1) is 32.1 Å². The van der Waals surface area contributed by atoms with Crippen LogP contribution in [-0.2, 0) is 0 Å². The van der Waals surface area contributed by atoms with Crippen molar-refractivity contribution in [2.24, 2.45) is 0 Å². The Labute approximate surface area is 166 Å². The molecule has 0 saturated heterocycles. The van der Waals surface area contributed by atoms with E-state index in [9.17, 15) is 20.3 Å². The molecule has 0 amide bonds. The Morgan fingerprint density at radius 3 is 2.45 bits per heavy atom. The lowest BCUT2D eigenvalue weighted by atomic mass is 9.97. The van der Waals surface area contributed by atoms with Crippen molar-refractivity contribution in [2.75, 3.05) is 0 Å². The van der Waals surface area contributed by atoms with E-state index in [0.29, 0.717) is 27.9 Å². The van der Waals surface area contributed by atoms with Crippen molar-refractivity contribution in [1.82, 2.24) is 14.8 Å². The lowest BCUT2D eigenvalue weighted by molar-refractivity contribution is 0.404. The summed E-state index contributed by atoms with van der Waals surface area (Å²) in [5.74, 6) is -0.616. The first-order chi connectivity index (χ1) is 13.8. The van der Waals surface area contributed by atoms with Crippen LogP contribution in [0.3, 0.4) is 0 Å². The molecule has 0 unspecified atom stereocenters. The molecule has 4 aromatic rings. The Hall–Kier alpha value is -4.05. The van der Waals surface area contributed by atoms with Gasteiger partial charge in [0, 0.05) is 10.9 Å². The van der Waals surface area contributed by atoms with E-state index in [0.717, 1.165) is 16.8 Å². The van der Waals surface area contributed by atoms with E-state index in [1.54, 1.807) is 17.7 Å². The Morgan fingerprint density at radius 1 is 1.03 bits per heavy atom. The smallest absolute Gasteiger partial charge is 0.268 e. The minimum Gasteiger partial charge on any atom is -0.504 e. The zero-order valence-electron chi connectivity index (χ0n) is 16.1. The summed E-state index contributed by atoms with van der Waals surface area (Å²) >= 11 is 0. The molecular formula is C22H18N4O3. The van der Waals surface area contributed by atoms with Gasteiger partial charge in [0.05, 0.1) is 11.4 Å². The van der Waals surface area contributed by atoms with Crippen molar-refractivity contribution >= 4 is 11.0 Å².